The molecule has 2 aromatic rings. The van der Waals surface area contributed by atoms with E-state index in [1.54, 1.807) is 0 Å². The van der Waals surface area contributed by atoms with Crippen molar-refractivity contribution in [3.05, 3.63) is 56.4 Å². The topological polar surface area (TPSA) is 151 Å². The molecule has 1 N–H and O–H groups in total. The van der Waals surface area contributed by atoms with Crippen molar-refractivity contribution in [2.45, 2.75) is 6.73 Å². The Bertz CT molecular complexity index is 723. The highest BCUT2D eigenvalue weighted by Gasteiger charge is 2.25. The molecular formula is C11H8N4O7. The van der Waals surface area contributed by atoms with Gasteiger partial charge in [-0.2, -0.15) is 5.10 Å². The molecule has 0 aliphatic carbocycles. The minimum atomic E-state index is -1.54. The van der Waals surface area contributed by atoms with Gasteiger partial charge in [-0.25, -0.2) is 9.48 Å². The number of non-ortho nitro benzene ring substituents is 1. The van der Waals surface area contributed by atoms with Gasteiger partial charge in [0.15, 0.2) is 6.73 Å². The number of nitro benzene ring substituents is 1. The van der Waals surface area contributed by atoms with E-state index in [0.717, 1.165) is 16.9 Å². The van der Waals surface area contributed by atoms with Crippen LogP contribution in [0.25, 0.3) is 0 Å². The zero-order valence-corrected chi connectivity index (χ0v) is 10.8. The zero-order chi connectivity index (χ0) is 16.3. The summed E-state index contributed by atoms with van der Waals surface area (Å²) in [6, 6.07) is 5.29. The first-order valence-electron chi connectivity index (χ1n) is 5.71. The number of nitrogens with zero attached hydrogens (tertiary/aromatic N) is 4. The second kappa shape index (κ2) is 5.87. The number of benzene rings is 1. The SMILES string of the molecule is O=C(O)c1nn(COc2cccc([N+](=O)[O-])c2)cc1[N+](=O)[O-]. The summed E-state index contributed by atoms with van der Waals surface area (Å²) in [4.78, 5) is 30.7. The first kappa shape index (κ1) is 14.9. The summed E-state index contributed by atoms with van der Waals surface area (Å²) >= 11 is 0. The fraction of sp³-hybridized carbons (Fsp3) is 0.0909. The number of rotatable bonds is 6. The molecule has 0 unspecified atom stereocenters. The number of carbonyl (C=O) groups is 1. The Labute approximate surface area is 121 Å². The first-order chi connectivity index (χ1) is 10.4. The van der Waals surface area contributed by atoms with Crippen LogP contribution in [0, 0.1) is 20.2 Å². The molecule has 114 valence electrons. The molecule has 0 atom stereocenters. The van der Waals surface area contributed by atoms with Crippen LogP contribution in [0.5, 0.6) is 5.75 Å². The number of aromatic nitrogens is 2. The van der Waals surface area contributed by atoms with Crippen molar-refractivity contribution in [2.75, 3.05) is 0 Å². The highest BCUT2D eigenvalue weighted by atomic mass is 16.6. The van der Waals surface area contributed by atoms with Gasteiger partial charge in [0.25, 0.3) is 5.69 Å². The monoisotopic (exact) mass is 308 g/mol. The molecule has 0 saturated heterocycles. The van der Waals surface area contributed by atoms with Gasteiger partial charge >= 0.3 is 11.7 Å². The molecule has 1 aromatic heterocycles. The summed E-state index contributed by atoms with van der Waals surface area (Å²) in [6.45, 7) is -0.338. The van der Waals surface area contributed by atoms with Crippen molar-refractivity contribution in [1.29, 1.82) is 0 Å². The molecule has 0 spiro atoms. The van der Waals surface area contributed by atoms with Crippen LogP contribution in [0.4, 0.5) is 11.4 Å². The van der Waals surface area contributed by atoms with Crippen molar-refractivity contribution in [1.82, 2.24) is 9.78 Å². The molecule has 11 heteroatoms. The van der Waals surface area contributed by atoms with E-state index in [1.807, 2.05) is 0 Å². The standard InChI is InChI=1S/C11H8N4O7/c16-11(17)10-9(15(20)21)5-13(12-10)6-22-8-3-1-2-7(4-8)14(18)19/h1-5H,6H2,(H,16,17). The van der Waals surface area contributed by atoms with Crippen molar-refractivity contribution in [2.24, 2.45) is 0 Å². The third-order valence-electron chi connectivity index (χ3n) is 2.53. The molecule has 0 aliphatic rings. The Morgan fingerprint density at radius 3 is 2.59 bits per heavy atom. The first-order valence-corrected chi connectivity index (χ1v) is 5.71. The van der Waals surface area contributed by atoms with Crippen LogP contribution in [-0.4, -0.2) is 30.7 Å². The van der Waals surface area contributed by atoms with Gasteiger partial charge in [0.1, 0.15) is 11.9 Å². The number of aromatic carboxylic acids is 1. The van der Waals surface area contributed by atoms with Crippen LogP contribution in [-0.2, 0) is 6.73 Å². The quantitative estimate of drug-likeness (QED) is 0.621. The number of carboxylic acids is 1. The van der Waals surface area contributed by atoms with E-state index >= 15 is 0 Å². The van der Waals surface area contributed by atoms with Gasteiger partial charge in [0, 0.05) is 6.07 Å². The maximum Gasteiger partial charge on any atom is 0.363 e. The lowest BCUT2D eigenvalue weighted by molar-refractivity contribution is -0.385. The third kappa shape index (κ3) is 3.15. The fourth-order valence-corrected chi connectivity index (χ4v) is 1.59. The van der Waals surface area contributed by atoms with E-state index in [1.165, 1.54) is 18.2 Å². The molecule has 0 aliphatic heterocycles. The molecule has 11 nitrogen and oxygen atoms in total. The van der Waals surface area contributed by atoms with Crippen LogP contribution in [0.3, 0.4) is 0 Å². The van der Waals surface area contributed by atoms with Gasteiger partial charge in [-0.05, 0) is 6.07 Å². The van der Waals surface area contributed by atoms with Crippen molar-refractivity contribution in [3.8, 4) is 5.75 Å². The van der Waals surface area contributed by atoms with Crippen molar-refractivity contribution < 1.29 is 24.5 Å². The Morgan fingerprint density at radius 2 is 2.05 bits per heavy atom. The van der Waals surface area contributed by atoms with Crippen molar-refractivity contribution >= 4 is 17.3 Å². The number of nitro groups is 2. The Kier molecular flexibility index (Phi) is 3.97. The zero-order valence-electron chi connectivity index (χ0n) is 10.8. The summed E-state index contributed by atoms with van der Waals surface area (Å²) in [6.07, 6.45) is 0.904. The number of hydrogen-bond acceptors (Lipinski definition) is 7. The number of hydrogen-bond donors (Lipinski definition) is 1. The molecule has 0 radical (unpaired) electrons. The largest absolute Gasteiger partial charge is 0.476 e. The van der Waals surface area contributed by atoms with Crippen LogP contribution < -0.4 is 4.74 Å². The minimum Gasteiger partial charge on any atom is -0.476 e. The van der Waals surface area contributed by atoms with E-state index in [4.69, 9.17) is 9.84 Å². The molecule has 0 bridgehead atoms. The lowest BCUT2D eigenvalue weighted by Crippen LogP contribution is -2.07. The molecule has 1 aromatic carbocycles. The Balaban J connectivity index is 2.17. The maximum atomic E-state index is 10.8. The average molecular weight is 308 g/mol. The minimum absolute atomic E-state index is 0.143. The summed E-state index contributed by atoms with van der Waals surface area (Å²) in [5.74, 6) is -1.40. The van der Waals surface area contributed by atoms with Gasteiger partial charge < -0.3 is 9.84 Å². The summed E-state index contributed by atoms with van der Waals surface area (Å²) in [7, 11) is 0. The van der Waals surface area contributed by atoms with E-state index in [0.29, 0.717) is 0 Å². The predicted octanol–water partition coefficient (Wildman–Crippen LogP) is 1.43. The van der Waals surface area contributed by atoms with Gasteiger partial charge in [0.05, 0.1) is 15.9 Å². The molecule has 22 heavy (non-hydrogen) atoms. The smallest absolute Gasteiger partial charge is 0.363 e. The molecule has 1 heterocycles. The lowest BCUT2D eigenvalue weighted by atomic mass is 10.3. The number of carboxylic acid groups (broad SMARTS) is 1. The molecule has 0 saturated carbocycles. The van der Waals surface area contributed by atoms with E-state index < -0.39 is 27.2 Å². The second-order valence-corrected chi connectivity index (χ2v) is 3.99. The Morgan fingerprint density at radius 1 is 1.32 bits per heavy atom. The molecular weight excluding hydrogens is 300 g/mol. The fourth-order valence-electron chi connectivity index (χ4n) is 1.59. The van der Waals surface area contributed by atoms with E-state index in [2.05, 4.69) is 5.10 Å². The highest BCUT2D eigenvalue weighted by molar-refractivity contribution is 5.89. The van der Waals surface area contributed by atoms with Gasteiger partial charge in [-0.3, -0.25) is 20.2 Å². The third-order valence-corrected chi connectivity index (χ3v) is 2.53. The normalized spacial score (nSPS) is 10.2. The van der Waals surface area contributed by atoms with Crippen LogP contribution in [0.2, 0.25) is 0 Å². The summed E-state index contributed by atoms with van der Waals surface area (Å²) in [5, 5.41) is 33.7. The van der Waals surface area contributed by atoms with Gasteiger partial charge in [-0.15, -0.1) is 0 Å². The van der Waals surface area contributed by atoms with E-state index in [-0.39, 0.29) is 18.2 Å². The summed E-state index contributed by atoms with van der Waals surface area (Å²) < 4.78 is 6.11. The average Bonchev–Trinajstić information content (AvgIpc) is 2.90. The second-order valence-electron chi connectivity index (χ2n) is 3.99. The van der Waals surface area contributed by atoms with E-state index in [9.17, 15) is 25.0 Å². The predicted molar refractivity (Wildman–Crippen MR) is 69.6 cm³/mol. The lowest BCUT2D eigenvalue weighted by Gasteiger charge is -2.05. The van der Waals surface area contributed by atoms with Gasteiger partial charge in [-0.1, -0.05) is 6.07 Å². The Hall–Kier alpha value is -3.50. The molecule has 2 rings (SSSR count). The van der Waals surface area contributed by atoms with Crippen molar-refractivity contribution in [3.63, 3.8) is 0 Å². The highest BCUT2D eigenvalue weighted by Crippen LogP contribution is 2.20. The summed E-state index contributed by atoms with van der Waals surface area (Å²) in [5.41, 5.74) is -1.57. The van der Waals surface area contributed by atoms with Crippen LogP contribution >= 0.6 is 0 Å². The maximum absolute atomic E-state index is 10.8. The van der Waals surface area contributed by atoms with Gasteiger partial charge in [0.2, 0.25) is 5.69 Å². The molecule has 0 amide bonds. The van der Waals surface area contributed by atoms with Crippen LogP contribution in [0.1, 0.15) is 10.5 Å². The van der Waals surface area contributed by atoms with Crippen LogP contribution in [0.15, 0.2) is 30.5 Å². The molecule has 0 fully saturated rings. The number of ether oxygens (including phenoxy) is 1.